The van der Waals surface area contributed by atoms with Gasteiger partial charge in [-0.1, -0.05) is 6.07 Å². The van der Waals surface area contributed by atoms with Gasteiger partial charge in [0.1, 0.15) is 0 Å². The lowest BCUT2D eigenvalue weighted by Crippen LogP contribution is -2.25. The summed E-state index contributed by atoms with van der Waals surface area (Å²) in [5.74, 6) is -0.105. The molecule has 1 aromatic carbocycles. The number of anilines is 1. The first-order valence-electron chi connectivity index (χ1n) is 6.34. The predicted octanol–water partition coefficient (Wildman–Crippen LogP) is 1.58. The van der Waals surface area contributed by atoms with Crippen molar-refractivity contribution in [2.24, 2.45) is 0 Å². The van der Waals surface area contributed by atoms with Gasteiger partial charge in [0, 0.05) is 12.2 Å². The molecule has 0 atom stereocenters. The Hall–Kier alpha value is -1.55. The average Bonchev–Trinajstić information content (AvgIpc) is 3.11. The van der Waals surface area contributed by atoms with Crippen LogP contribution in [-0.2, 0) is 21.5 Å². The highest BCUT2D eigenvalue weighted by molar-refractivity contribution is 5.87. The molecule has 0 bridgehead atoms. The number of esters is 1. The lowest BCUT2D eigenvalue weighted by molar-refractivity contribution is -0.146. The number of ether oxygens (including phenoxy) is 1. The minimum absolute atomic E-state index is 0.105. The molecule has 0 unspecified atom stereocenters. The van der Waals surface area contributed by atoms with Crippen molar-refractivity contribution < 1.29 is 9.53 Å². The van der Waals surface area contributed by atoms with Crippen molar-refractivity contribution >= 4 is 11.7 Å². The minimum Gasteiger partial charge on any atom is -0.465 e. The minimum atomic E-state index is -0.421. The zero-order valence-corrected chi connectivity index (χ0v) is 11.0. The molecule has 0 radical (unpaired) electrons. The summed E-state index contributed by atoms with van der Waals surface area (Å²) in [6, 6.07) is 5.75. The Kier molecular flexibility index (Phi) is 3.57. The molecular weight excluding hydrogens is 228 g/mol. The maximum absolute atomic E-state index is 12.1. The van der Waals surface area contributed by atoms with Gasteiger partial charge in [0.25, 0.3) is 0 Å². The summed E-state index contributed by atoms with van der Waals surface area (Å²) < 4.78 is 5.20. The second kappa shape index (κ2) is 4.98. The van der Waals surface area contributed by atoms with Crippen LogP contribution < -0.4 is 11.1 Å². The molecule has 2 rings (SSSR count). The molecule has 1 saturated carbocycles. The second-order valence-corrected chi connectivity index (χ2v) is 4.75. The van der Waals surface area contributed by atoms with Crippen LogP contribution in [0, 0.1) is 0 Å². The van der Waals surface area contributed by atoms with Gasteiger partial charge in [-0.3, -0.25) is 4.79 Å². The molecule has 3 N–H and O–H groups in total. The number of nitrogens with one attached hydrogen (secondary N) is 1. The molecule has 0 heterocycles. The number of carbonyl (C=O) groups excluding carboxylic acids is 1. The van der Waals surface area contributed by atoms with E-state index in [2.05, 4.69) is 5.32 Å². The number of hydrogen-bond acceptors (Lipinski definition) is 4. The van der Waals surface area contributed by atoms with Gasteiger partial charge in [-0.15, -0.1) is 0 Å². The molecule has 18 heavy (non-hydrogen) atoms. The number of hydrogen-bond donors (Lipinski definition) is 2. The Balaban J connectivity index is 2.35. The van der Waals surface area contributed by atoms with Crippen molar-refractivity contribution in [3.05, 3.63) is 29.3 Å². The van der Waals surface area contributed by atoms with E-state index < -0.39 is 5.41 Å². The lowest BCUT2D eigenvalue weighted by atomic mass is 9.91. The molecule has 4 nitrogen and oxygen atoms in total. The van der Waals surface area contributed by atoms with E-state index in [0.717, 1.165) is 29.7 Å². The quantitative estimate of drug-likeness (QED) is 0.613. The van der Waals surface area contributed by atoms with Crippen LogP contribution in [-0.4, -0.2) is 19.6 Å². The van der Waals surface area contributed by atoms with Crippen LogP contribution in [0.15, 0.2) is 18.2 Å². The first-order chi connectivity index (χ1) is 8.64. The maximum Gasteiger partial charge on any atom is 0.316 e. The molecule has 0 spiro atoms. The van der Waals surface area contributed by atoms with Crippen LogP contribution in [0.2, 0.25) is 0 Å². The molecule has 1 aliphatic rings. The van der Waals surface area contributed by atoms with Crippen molar-refractivity contribution in [2.45, 2.75) is 31.7 Å². The first kappa shape index (κ1) is 12.9. The van der Waals surface area contributed by atoms with Gasteiger partial charge in [-0.25, -0.2) is 0 Å². The Morgan fingerprint density at radius 2 is 2.22 bits per heavy atom. The molecule has 0 saturated heterocycles. The average molecular weight is 248 g/mol. The fourth-order valence-electron chi connectivity index (χ4n) is 2.39. The summed E-state index contributed by atoms with van der Waals surface area (Å²) in [6.45, 7) is 2.98. The van der Waals surface area contributed by atoms with Gasteiger partial charge in [-0.2, -0.15) is 0 Å². The predicted molar refractivity (Wildman–Crippen MR) is 71.2 cm³/mol. The van der Waals surface area contributed by atoms with E-state index in [1.165, 1.54) is 0 Å². The van der Waals surface area contributed by atoms with Crippen LogP contribution in [0.3, 0.4) is 0 Å². The van der Waals surface area contributed by atoms with Crippen molar-refractivity contribution in [3.63, 3.8) is 0 Å². The molecule has 1 aliphatic carbocycles. The second-order valence-electron chi connectivity index (χ2n) is 4.75. The third kappa shape index (κ3) is 2.20. The summed E-state index contributed by atoms with van der Waals surface area (Å²) in [6.07, 6.45) is 1.74. The van der Waals surface area contributed by atoms with Gasteiger partial charge < -0.3 is 15.8 Å². The smallest absolute Gasteiger partial charge is 0.316 e. The van der Waals surface area contributed by atoms with E-state index in [0.29, 0.717) is 13.2 Å². The molecule has 98 valence electrons. The van der Waals surface area contributed by atoms with E-state index in [4.69, 9.17) is 10.5 Å². The summed E-state index contributed by atoms with van der Waals surface area (Å²) in [5.41, 5.74) is 8.26. The number of nitrogens with two attached hydrogens (primary N) is 1. The highest BCUT2D eigenvalue weighted by Gasteiger charge is 2.53. The highest BCUT2D eigenvalue weighted by atomic mass is 16.5. The van der Waals surface area contributed by atoms with Crippen LogP contribution >= 0.6 is 0 Å². The van der Waals surface area contributed by atoms with Crippen LogP contribution in [0.4, 0.5) is 5.69 Å². The number of nitrogen functional groups attached to an aromatic ring is 1. The zero-order chi connectivity index (χ0) is 13.2. The molecule has 0 amide bonds. The van der Waals surface area contributed by atoms with E-state index >= 15 is 0 Å². The standard InChI is InChI=1S/C14H20N2O2/c1-3-18-13(17)14(6-7-14)12-5-4-11(15)8-10(12)9-16-2/h4-5,8,16H,3,6-7,9,15H2,1-2H3. The third-order valence-electron chi connectivity index (χ3n) is 3.43. The monoisotopic (exact) mass is 248 g/mol. The fraction of sp³-hybridized carbons (Fsp3) is 0.500. The molecule has 4 heteroatoms. The van der Waals surface area contributed by atoms with E-state index in [-0.39, 0.29) is 5.97 Å². The van der Waals surface area contributed by atoms with Crippen LogP contribution in [0.25, 0.3) is 0 Å². The van der Waals surface area contributed by atoms with Gasteiger partial charge >= 0.3 is 5.97 Å². The summed E-state index contributed by atoms with van der Waals surface area (Å²) in [4.78, 5) is 12.1. The number of carbonyl (C=O) groups is 1. The summed E-state index contributed by atoms with van der Waals surface area (Å²) >= 11 is 0. The lowest BCUT2D eigenvalue weighted by Gasteiger charge is -2.18. The third-order valence-corrected chi connectivity index (χ3v) is 3.43. The van der Waals surface area contributed by atoms with E-state index in [1.54, 1.807) is 0 Å². The molecule has 1 fully saturated rings. The Bertz CT molecular complexity index is 453. The molecule has 0 aliphatic heterocycles. The van der Waals surface area contributed by atoms with Gasteiger partial charge in [0.2, 0.25) is 0 Å². The van der Waals surface area contributed by atoms with Gasteiger partial charge in [0.05, 0.1) is 12.0 Å². The maximum atomic E-state index is 12.1. The molecule has 0 aromatic heterocycles. The van der Waals surface area contributed by atoms with E-state index in [9.17, 15) is 4.79 Å². The first-order valence-corrected chi connectivity index (χ1v) is 6.34. The Morgan fingerprint density at radius 1 is 1.50 bits per heavy atom. The van der Waals surface area contributed by atoms with Gasteiger partial charge in [-0.05, 0) is 50.1 Å². The summed E-state index contributed by atoms with van der Waals surface area (Å²) in [5, 5.41) is 3.11. The molecular formula is C14H20N2O2. The zero-order valence-electron chi connectivity index (χ0n) is 11.0. The highest BCUT2D eigenvalue weighted by Crippen LogP contribution is 2.50. The van der Waals surface area contributed by atoms with Gasteiger partial charge in [0.15, 0.2) is 0 Å². The fourth-order valence-corrected chi connectivity index (χ4v) is 2.39. The largest absolute Gasteiger partial charge is 0.465 e. The topological polar surface area (TPSA) is 64.3 Å². The molecule has 1 aromatic rings. The van der Waals surface area contributed by atoms with Crippen LogP contribution in [0.1, 0.15) is 30.9 Å². The summed E-state index contributed by atoms with van der Waals surface area (Å²) in [7, 11) is 1.89. The van der Waals surface area contributed by atoms with Crippen molar-refractivity contribution in [2.75, 3.05) is 19.4 Å². The van der Waals surface area contributed by atoms with Crippen LogP contribution in [0.5, 0.6) is 0 Å². The van der Waals surface area contributed by atoms with Crippen molar-refractivity contribution in [1.82, 2.24) is 5.32 Å². The van der Waals surface area contributed by atoms with Crippen molar-refractivity contribution in [3.8, 4) is 0 Å². The number of rotatable bonds is 5. The van der Waals surface area contributed by atoms with E-state index in [1.807, 2.05) is 32.2 Å². The number of benzene rings is 1. The Morgan fingerprint density at radius 3 is 2.78 bits per heavy atom. The normalized spacial score (nSPS) is 16.3. The Labute approximate surface area is 108 Å². The van der Waals surface area contributed by atoms with Crippen molar-refractivity contribution in [1.29, 1.82) is 0 Å². The SMILES string of the molecule is CCOC(=O)C1(c2ccc(N)cc2CNC)CC1.